The van der Waals surface area contributed by atoms with Crippen molar-refractivity contribution in [1.29, 1.82) is 0 Å². The quantitative estimate of drug-likeness (QED) is 0.826. The van der Waals surface area contributed by atoms with Crippen molar-refractivity contribution in [3.63, 3.8) is 0 Å². The van der Waals surface area contributed by atoms with Gasteiger partial charge < -0.3 is 9.88 Å². The molecule has 0 saturated carbocycles. The normalized spacial score (nSPS) is 20.4. The van der Waals surface area contributed by atoms with E-state index in [1.165, 1.54) is 10.8 Å². The van der Waals surface area contributed by atoms with Crippen molar-refractivity contribution in [1.82, 2.24) is 19.9 Å². The van der Waals surface area contributed by atoms with Crippen molar-refractivity contribution in [3.05, 3.63) is 38.7 Å². The summed E-state index contributed by atoms with van der Waals surface area (Å²) in [5.41, 5.74) is -1.80. The highest BCUT2D eigenvalue weighted by Crippen LogP contribution is 2.40. The maximum absolute atomic E-state index is 12.5. The van der Waals surface area contributed by atoms with Crippen LogP contribution in [0.15, 0.2) is 21.9 Å². The molecule has 1 aliphatic rings. The molecule has 0 aliphatic carbocycles. The third-order valence-corrected chi connectivity index (χ3v) is 4.79. The lowest BCUT2D eigenvalue weighted by Crippen LogP contribution is -2.60. The molecule has 1 aliphatic heterocycles. The highest BCUT2D eigenvalue weighted by molar-refractivity contribution is 5.79. The van der Waals surface area contributed by atoms with Crippen LogP contribution < -0.4 is 16.6 Å². The average Bonchev–Trinajstić information content (AvgIpc) is 2.52. The molecule has 1 fully saturated rings. The van der Waals surface area contributed by atoms with Gasteiger partial charge in [-0.2, -0.15) is 0 Å². The minimum atomic E-state index is -0.596. The van der Waals surface area contributed by atoms with Gasteiger partial charge in [0.1, 0.15) is 0 Å². The Morgan fingerprint density at radius 2 is 1.85 bits per heavy atom. The first-order chi connectivity index (χ1) is 11.9. The molecule has 2 N–H and O–H groups in total. The number of aromatic amines is 1. The third kappa shape index (κ3) is 4.31. The molecule has 0 bridgehead atoms. The van der Waals surface area contributed by atoms with E-state index in [-0.39, 0.29) is 18.4 Å². The van der Waals surface area contributed by atoms with Gasteiger partial charge in [0.25, 0.3) is 5.56 Å². The lowest BCUT2D eigenvalue weighted by molar-refractivity contribution is -0.292. The van der Waals surface area contributed by atoms with Gasteiger partial charge in [0.2, 0.25) is 5.91 Å². The molecule has 0 unspecified atom stereocenters. The molecular formula is C18H27N4O4. The second-order valence-electron chi connectivity index (χ2n) is 8.13. The zero-order chi connectivity index (χ0) is 19.7. The van der Waals surface area contributed by atoms with E-state index < -0.39 is 22.3 Å². The number of nitrogens with zero attached hydrogens (tertiary/aromatic N) is 2. The number of nitrogens with one attached hydrogen (secondary N) is 2. The van der Waals surface area contributed by atoms with E-state index in [0.717, 1.165) is 5.06 Å². The molecule has 2 rings (SSSR count). The van der Waals surface area contributed by atoms with E-state index in [9.17, 15) is 19.6 Å². The molecule has 26 heavy (non-hydrogen) atoms. The minimum absolute atomic E-state index is 0.0988. The Morgan fingerprint density at radius 1 is 1.27 bits per heavy atom. The maximum Gasteiger partial charge on any atom is 0.328 e. The van der Waals surface area contributed by atoms with E-state index in [1.807, 2.05) is 27.7 Å². The van der Waals surface area contributed by atoms with Gasteiger partial charge in [-0.05, 0) is 40.5 Å². The van der Waals surface area contributed by atoms with Gasteiger partial charge in [0, 0.05) is 36.8 Å². The van der Waals surface area contributed by atoms with Gasteiger partial charge in [-0.15, -0.1) is 10.3 Å². The summed E-state index contributed by atoms with van der Waals surface area (Å²) in [5.74, 6) is -0.335. The summed E-state index contributed by atoms with van der Waals surface area (Å²) in [4.78, 5) is 37.7. The van der Waals surface area contributed by atoms with Crippen molar-refractivity contribution >= 4 is 12.0 Å². The van der Waals surface area contributed by atoms with Crippen LogP contribution in [-0.2, 0) is 17.0 Å². The van der Waals surface area contributed by atoms with Gasteiger partial charge in [-0.3, -0.25) is 14.6 Å². The van der Waals surface area contributed by atoms with Crippen LogP contribution in [0.25, 0.3) is 6.08 Å². The predicted octanol–water partition coefficient (Wildman–Crippen LogP) is 0.818. The second kappa shape index (κ2) is 7.20. The lowest BCUT2D eigenvalue weighted by atomic mass is 9.75. The standard InChI is InChI=1S/C18H27N4O4/c1-17(2)9-13(10-18(3,4)22(17)26)14(23)19-8-6-7-12-11-21(5)16(25)20-15(12)24/h6-7,11,13H,8-10H2,1-5H3,(H,19,23)(H,20,24,25)/b7-6+. The number of hydrogen-bond acceptors (Lipinski definition) is 4. The van der Waals surface area contributed by atoms with Crippen molar-refractivity contribution in [3.8, 4) is 0 Å². The molecule has 2 heterocycles. The van der Waals surface area contributed by atoms with Crippen molar-refractivity contribution in [2.75, 3.05) is 6.54 Å². The summed E-state index contributed by atoms with van der Waals surface area (Å²) < 4.78 is 1.28. The zero-order valence-electron chi connectivity index (χ0n) is 16.0. The molecule has 1 amide bonds. The fraction of sp³-hybridized carbons (Fsp3) is 0.611. The molecule has 0 atom stereocenters. The summed E-state index contributed by atoms with van der Waals surface area (Å²) in [6.07, 6.45) is 5.65. The van der Waals surface area contributed by atoms with Crippen LogP contribution in [0.1, 0.15) is 46.1 Å². The largest absolute Gasteiger partial charge is 0.352 e. The fourth-order valence-electron chi connectivity index (χ4n) is 3.64. The van der Waals surface area contributed by atoms with Gasteiger partial charge in [-0.25, -0.2) is 4.79 Å². The average molecular weight is 363 g/mol. The Balaban J connectivity index is 1.98. The topological polar surface area (TPSA) is 107 Å². The summed E-state index contributed by atoms with van der Waals surface area (Å²) in [7, 11) is 1.54. The van der Waals surface area contributed by atoms with Crippen molar-refractivity contribution < 1.29 is 10.0 Å². The summed E-state index contributed by atoms with van der Waals surface area (Å²) in [6.45, 7) is 7.68. The van der Waals surface area contributed by atoms with Crippen LogP contribution >= 0.6 is 0 Å². The second-order valence-corrected chi connectivity index (χ2v) is 8.13. The van der Waals surface area contributed by atoms with Gasteiger partial charge in [0.05, 0.1) is 5.56 Å². The smallest absolute Gasteiger partial charge is 0.328 e. The molecule has 1 radical (unpaired) electrons. The molecule has 8 heteroatoms. The number of piperidine rings is 1. The van der Waals surface area contributed by atoms with Gasteiger partial charge >= 0.3 is 5.69 Å². The minimum Gasteiger partial charge on any atom is -0.352 e. The first-order valence-corrected chi connectivity index (χ1v) is 8.66. The number of amides is 1. The van der Waals surface area contributed by atoms with Crippen molar-refractivity contribution in [2.24, 2.45) is 13.0 Å². The van der Waals surface area contributed by atoms with Crippen LogP contribution in [0.4, 0.5) is 0 Å². The number of aryl methyl sites for hydroxylation is 1. The first kappa shape index (κ1) is 20.1. The number of hydrogen-bond donors (Lipinski definition) is 2. The Morgan fingerprint density at radius 3 is 2.42 bits per heavy atom. The van der Waals surface area contributed by atoms with Crippen LogP contribution in [0, 0.1) is 5.92 Å². The molecule has 1 saturated heterocycles. The molecule has 8 nitrogen and oxygen atoms in total. The maximum atomic E-state index is 12.5. The van der Waals surface area contributed by atoms with Crippen LogP contribution in [0.3, 0.4) is 0 Å². The number of hydroxylamine groups is 2. The highest BCUT2D eigenvalue weighted by Gasteiger charge is 2.47. The fourth-order valence-corrected chi connectivity index (χ4v) is 3.64. The summed E-state index contributed by atoms with van der Waals surface area (Å²) >= 11 is 0. The molecular weight excluding hydrogens is 336 g/mol. The van der Waals surface area contributed by atoms with E-state index in [1.54, 1.807) is 19.2 Å². The van der Waals surface area contributed by atoms with E-state index >= 15 is 0 Å². The van der Waals surface area contributed by atoms with Gasteiger partial charge in [0.15, 0.2) is 0 Å². The van der Waals surface area contributed by atoms with Crippen LogP contribution in [0.2, 0.25) is 0 Å². The summed E-state index contributed by atoms with van der Waals surface area (Å²) in [6, 6.07) is 0. The van der Waals surface area contributed by atoms with E-state index in [4.69, 9.17) is 0 Å². The summed E-state index contributed by atoms with van der Waals surface area (Å²) in [5, 5.41) is 16.3. The Labute approximate surface area is 152 Å². The number of rotatable bonds is 4. The van der Waals surface area contributed by atoms with E-state index in [2.05, 4.69) is 10.3 Å². The number of H-pyrrole nitrogens is 1. The van der Waals surface area contributed by atoms with Crippen molar-refractivity contribution in [2.45, 2.75) is 51.6 Å². The number of aromatic nitrogens is 2. The number of carbonyl (C=O) groups excluding carboxylic acids is 1. The zero-order valence-corrected chi connectivity index (χ0v) is 16.0. The van der Waals surface area contributed by atoms with E-state index in [0.29, 0.717) is 18.4 Å². The monoisotopic (exact) mass is 363 g/mol. The molecule has 1 aromatic rings. The highest BCUT2D eigenvalue weighted by atomic mass is 16.5. The third-order valence-electron chi connectivity index (χ3n) is 4.79. The van der Waals surface area contributed by atoms with Crippen LogP contribution in [-0.4, -0.2) is 38.1 Å². The molecule has 143 valence electrons. The molecule has 0 spiro atoms. The SMILES string of the molecule is Cn1cc(/C=C/CNC(=O)C2CC(C)(C)N([O])C(C)(C)C2)c(=O)[nH]c1=O. The first-order valence-electron chi connectivity index (χ1n) is 8.66. The Hall–Kier alpha value is -2.19. The Bertz CT molecular complexity index is 801. The number of carbonyl (C=O) groups is 1. The predicted molar refractivity (Wildman–Crippen MR) is 97.8 cm³/mol. The van der Waals surface area contributed by atoms with Gasteiger partial charge in [-0.1, -0.05) is 12.2 Å². The molecule has 1 aromatic heterocycles. The Kier molecular flexibility index (Phi) is 5.58. The van der Waals surface area contributed by atoms with Crippen LogP contribution in [0.5, 0.6) is 0 Å². The molecule has 0 aromatic carbocycles. The lowest BCUT2D eigenvalue weighted by Gasteiger charge is -2.49.